The molecular formula is C5H9NO3. The van der Waals surface area contributed by atoms with Crippen molar-refractivity contribution in [3.8, 4) is 0 Å². The van der Waals surface area contributed by atoms with Gasteiger partial charge in [-0.15, -0.1) is 0 Å². The second kappa shape index (κ2) is 4.03. The Balaban J connectivity index is 3.58. The predicted octanol–water partition coefficient (Wildman–Crippen LogP) is -0.187. The van der Waals surface area contributed by atoms with Crippen LogP contribution in [0.3, 0.4) is 0 Å². The van der Waals surface area contributed by atoms with Gasteiger partial charge in [-0.25, -0.2) is 5.06 Å². The van der Waals surface area contributed by atoms with E-state index in [1.165, 1.54) is 0 Å². The van der Waals surface area contributed by atoms with Crippen LogP contribution in [0.2, 0.25) is 0 Å². The van der Waals surface area contributed by atoms with Gasteiger partial charge in [0.05, 0.1) is 0 Å². The van der Waals surface area contributed by atoms with Gasteiger partial charge in [-0.2, -0.15) is 0 Å². The number of aldehydes is 1. The average molecular weight is 131 g/mol. The lowest BCUT2D eigenvalue weighted by atomic mass is 10.5. The zero-order chi connectivity index (χ0) is 7.28. The van der Waals surface area contributed by atoms with E-state index in [0.29, 0.717) is 11.5 Å². The fraction of sp³-hybridized carbons (Fsp3) is 0.600. The van der Waals surface area contributed by atoms with E-state index >= 15 is 0 Å². The van der Waals surface area contributed by atoms with Gasteiger partial charge in [0, 0.05) is 6.54 Å². The molecule has 4 nitrogen and oxygen atoms in total. The Labute approximate surface area is 53.0 Å². The first-order valence-electron chi connectivity index (χ1n) is 2.68. The summed E-state index contributed by atoms with van der Waals surface area (Å²) >= 11 is 0. The second-order valence-corrected chi connectivity index (χ2v) is 1.58. The standard InChI is InChI=1S/C5H9NO3/c1-2-3-6(9)5(8)4-7/h4,9H,2-3H2,1H3. The maximum absolute atomic E-state index is 10.2. The summed E-state index contributed by atoms with van der Waals surface area (Å²) in [6.07, 6.45) is 0.714. The van der Waals surface area contributed by atoms with Gasteiger partial charge in [-0.1, -0.05) is 6.92 Å². The lowest BCUT2D eigenvalue weighted by Gasteiger charge is -2.07. The Kier molecular flexibility index (Phi) is 3.62. The summed E-state index contributed by atoms with van der Waals surface area (Å²) in [7, 11) is 0. The number of hydroxylamine groups is 2. The molecule has 0 rings (SSSR count). The van der Waals surface area contributed by atoms with E-state index in [1.807, 2.05) is 0 Å². The molecule has 0 spiro atoms. The van der Waals surface area contributed by atoms with Crippen LogP contribution < -0.4 is 0 Å². The third-order valence-corrected chi connectivity index (χ3v) is 0.791. The van der Waals surface area contributed by atoms with Crippen molar-refractivity contribution in [3.63, 3.8) is 0 Å². The van der Waals surface area contributed by atoms with Crippen molar-refractivity contribution in [2.45, 2.75) is 13.3 Å². The highest BCUT2D eigenvalue weighted by atomic mass is 16.5. The Morgan fingerprint density at radius 3 is 2.67 bits per heavy atom. The minimum absolute atomic E-state index is 0.0790. The highest BCUT2D eigenvalue weighted by molar-refractivity contribution is 6.23. The van der Waals surface area contributed by atoms with Crippen LogP contribution in [-0.2, 0) is 9.59 Å². The minimum atomic E-state index is -0.892. The molecule has 0 atom stereocenters. The first-order valence-corrected chi connectivity index (χ1v) is 2.68. The molecule has 0 aromatic rings. The Morgan fingerprint density at radius 1 is 1.78 bits per heavy atom. The molecule has 0 aliphatic carbocycles. The van der Waals surface area contributed by atoms with Crippen LogP contribution in [0, 0.1) is 0 Å². The number of hydrogen-bond donors (Lipinski definition) is 1. The smallest absolute Gasteiger partial charge is 0.292 e. The van der Waals surface area contributed by atoms with Gasteiger partial charge in [0.25, 0.3) is 0 Å². The molecule has 0 heterocycles. The second-order valence-electron chi connectivity index (χ2n) is 1.58. The zero-order valence-corrected chi connectivity index (χ0v) is 5.20. The topological polar surface area (TPSA) is 57.6 Å². The van der Waals surface area contributed by atoms with Crippen molar-refractivity contribution in [1.82, 2.24) is 5.06 Å². The molecule has 0 saturated heterocycles. The molecule has 1 N–H and O–H groups in total. The van der Waals surface area contributed by atoms with E-state index in [4.69, 9.17) is 5.21 Å². The monoisotopic (exact) mass is 131 g/mol. The molecule has 0 aliphatic heterocycles. The first kappa shape index (κ1) is 8.10. The molecular weight excluding hydrogens is 122 g/mol. The SMILES string of the molecule is CCCN(O)C(=O)C=O. The summed E-state index contributed by atoms with van der Waals surface area (Å²) in [6, 6.07) is 0. The normalized spacial score (nSPS) is 8.67. The molecule has 4 heteroatoms. The first-order chi connectivity index (χ1) is 4.22. The van der Waals surface area contributed by atoms with Crippen LogP contribution in [-0.4, -0.2) is 29.0 Å². The predicted molar refractivity (Wildman–Crippen MR) is 29.9 cm³/mol. The van der Waals surface area contributed by atoms with Crippen LogP contribution in [0.4, 0.5) is 0 Å². The third-order valence-electron chi connectivity index (χ3n) is 0.791. The highest BCUT2D eigenvalue weighted by Gasteiger charge is 2.05. The average Bonchev–Trinajstić information content (AvgIpc) is 1.87. The summed E-state index contributed by atoms with van der Waals surface area (Å²) in [4.78, 5) is 19.9. The summed E-state index contributed by atoms with van der Waals surface area (Å²) in [6.45, 7) is 2.00. The maximum Gasteiger partial charge on any atom is 0.310 e. The van der Waals surface area contributed by atoms with Gasteiger partial charge >= 0.3 is 5.91 Å². The summed E-state index contributed by atoms with van der Waals surface area (Å²) < 4.78 is 0. The number of hydrogen-bond acceptors (Lipinski definition) is 3. The van der Waals surface area contributed by atoms with Gasteiger partial charge in [0.1, 0.15) is 0 Å². The van der Waals surface area contributed by atoms with E-state index in [0.717, 1.165) is 0 Å². The molecule has 9 heavy (non-hydrogen) atoms. The largest absolute Gasteiger partial charge is 0.310 e. The van der Waals surface area contributed by atoms with E-state index in [9.17, 15) is 9.59 Å². The van der Waals surface area contributed by atoms with Gasteiger partial charge < -0.3 is 0 Å². The summed E-state index contributed by atoms with van der Waals surface area (Å²) in [5.74, 6) is -0.892. The van der Waals surface area contributed by atoms with Crippen molar-refractivity contribution >= 4 is 12.2 Å². The quantitative estimate of drug-likeness (QED) is 0.250. The molecule has 0 aromatic carbocycles. The Morgan fingerprint density at radius 2 is 2.33 bits per heavy atom. The molecule has 0 aromatic heterocycles. The zero-order valence-electron chi connectivity index (χ0n) is 5.20. The van der Waals surface area contributed by atoms with E-state index in [-0.39, 0.29) is 12.8 Å². The van der Waals surface area contributed by atoms with Crippen molar-refractivity contribution in [1.29, 1.82) is 0 Å². The molecule has 0 saturated carbocycles. The number of nitrogens with zero attached hydrogens (tertiary/aromatic N) is 1. The molecule has 0 fully saturated rings. The van der Waals surface area contributed by atoms with Crippen LogP contribution in [0.25, 0.3) is 0 Å². The van der Waals surface area contributed by atoms with Gasteiger partial charge in [0.15, 0.2) is 0 Å². The van der Waals surface area contributed by atoms with Crippen molar-refractivity contribution < 1.29 is 14.8 Å². The lowest BCUT2D eigenvalue weighted by Crippen LogP contribution is -2.28. The Hall–Kier alpha value is -0.900. The van der Waals surface area contributed by atoms with Crippen molar-refractivity contribution in [3.05, 3.63) is 0 Å². The number of carbonyl (C=O) groups is 2. The highest BCUT2D eigenvalue weighted by Crippen LogP contribution is 1.83. The number of carbonyl (C=O) groups excluding carboxylic acids is 2. The van der Waals surface area contributed by atoms with Crippen molar-refractivity contribution in [2.75, 3.05) is 6.54 Å². The molecule has 0 bridgehead atoms. The van der Waals surface area contributed by atoms with Crippen LogP contribution in [0.15, 0.2) is 0 Å². The molecule has 52 valence electrons. The van der Waals surface area contributed by atoms with Crippen molar-refractivity contribution in [2.24, 2.45) is 0 Å². The molecule has 0 radical (unpaired) electrons. The van der Waals surface area contributed by atoms with Crippen LogP contribution in [0.5, 0.6) is 0 Å². The van der Waals surface area contributed by atoms with Gasteiger partial charge in [0.2, 0.25) is 6.29 Å². The minimum Gasteiger partial charge on any atom is -0.292 e. The van der Waals surface area contributed by atoms with Gasteiger partial charge in [-0.3, -0.25) is 14.8 Å². The maximum atomic E-state index is 10.2. The molecule has 0 unspecified atom stereocenters. The fourth-order valence-corrected chi connectivity index (χ4v) is 0.383. The summed E-state index contributed by atoms with van der Waals surface area (Å²) in [5, 5.41) is 8.97. The van der Waals surface area contributed by atoms with E-state index in [2.05, 4.69) is 0 Å². The van der Waals surface area contributed by atoms with E-state index < -0.39 is 5.91 Å². The number of rotatable bonds is 3. The third kappa shape index (κ3) is 2.81. The fourth-order valence-electron chi connectivity index (χ4n) is 0.383. The molecule has 0 aliphatic rings. The Bertz CT molecular complexity index is 113. The van der Waals surface area contributed by atoms with E-state index in [1.54, 1.807) is 6.92 Å². The lowest BCUT2D eigenvalue weighted by molar-refractivity contribution is -0.166. The molecule has 1 amide bonds. The van der Waals surface area contributed by atoms with Crippen LogP contribution >= 0.6 is 0 Å². The van der Waals surface area contributed by atoms with Crippen LogP contribution in [0.1, 0.15) is 13.3 Å². The number of amides is 1. The summed E-state index contributed by atoms with van der Waals surface area (Å²) in [5.41, 5.74) is 0. The van der Waals surface area contributed by atoms with Gasteiger partial charge in [-0.05, 0) is 6.42 Å².